The average Bonchev–Trinajstić information content (AvgIpc) is 2.49. The largest absolute Gasteiger partial charge is 0.481 e. The molecule has 0 fully saturated rings. The normalized spacial score (nSPS) is 14.0. The van der Waals surface area contributed by atoms with Crippen molar-refractivity contribution in [3.63, 3.8) is 0 Å². The molecule has 3 rings (SSSR count). The number of benzene rings is 1. The second kappa shape index (κ2) is 5.36. The third-order valence-electron chi connectivity index (χ3n) is 3.59. The molecule has 2 heterocycles. The zero-order chi connectivity index (χ0) is 17.6. The van der Waals surface area contributed by atoms with E-state index in [9.17, 15) is 27.2 Å². The fourth-order valence-electron chi connectivity index (χ4n) is 2.43. The molecule has 1 aliphatic heterocycles. The van der Waals surface area contributed by atoms with E-state index in [0.29, 0.717) is 10.6 Å². The standard InChI is InChI=1S/C15H10F4N2O3/c1-21-12(15(17,18)19)3-2-7(14(21)23)8-4-10-11(5-9(8)16)24-6-13(22)20-10/h2-5H,6H2,1H3,(H,20,22). The van der Waals surface area contributed by atoms with E-state index in [1.165, 1.54) is 0 Å². The summed E-state index contributed by atoms with van der Waals surface area (Å²) in [7, 11) is 0.954. The molecule has 9 heteroatoms. The van der Waals surface area contributed by atoms with Crippen molar-refractivity contribution in [1.29, 1.82) is 0 Å². The number of hydrogen-bond acceptors (Lipinski definition) is 3. The SMILES string of the molecule is Cn1c(C(F)(F)F)ccc(-c2cc3c(cc2F)OCC(=O)N3)c1=O. The molecule has 0 saturated carbocycles. The van der Waals surface area contributed by atoms with Crippen molar-refractivity contribution in [3.05, 3.63) is 46.1 Å². The third-order valence-corrected chi connectivity index (χ3v) is 3.59. The number of amides is 1. The number of ether oxygens (including phenoxy) is 1. The van der Waals surface area contributed by atoms with Crippen LogP contribution >= 0.6 is 0 Å². The highest BCUT2D eigenvalue weighted by Gasteiger charge is 2.34. The molecule has 24 heavy (non-hydrogen) atoms. The van der Waals surface area contributed by atoms with Crippen LogP contribution in [0.3, 0.4) is 0 Å². The second-order valence-corrected chi connectivity index (χ2v) is 5.16. The molecule has 0 spiro atoms. The summed E-state index contributed by atoms with van der Waals surface area (Å²) < 4.78 is 58.1. The van der Waals surface area contributed by atoms with Gasteiger partial charge in [0, 0.05) is 18.7 Å². The highest BCUT2D eigenvalue weighted by molar-refractivity contribution is 5.96. The molecule has 0 radical (unpaired) electrons. The summed E-state index contributed by atoms with van der Waals surface area (Å²) in [6, 6.07) is 3.74. The predicted molar refractivity (Wildman–Crippen MR) is 76.2 cm³/mol. The number of anilines is 1. The van der Waals surface area contributed by atoms with Crippen LogP contribution in [0, 0.1) is 5.82 Å². The fraction of sp³-hybridized carbons (Fsp3) is 0.200. The van der Waals surface area contributed by atoms with Crippen molar-refractivity contribution in [3.8, 4) is 16.9 Å². The number of hydrogen-bond donors (Lipinski definition) is 1. The molecule has 126 valence electrons. The first-order valence-corrected chi connectivity index (χ1v) is 6.72. The summed E-state index contributed by atoms with van der Waals surface area (Å²) in [4.78, 5) is 23.5. The zero-order valence-electron chi connectivity index (χ0n) is 12.2. The molecule has 0 aliphatic carbocycles. The number of alkyl halides is 3. The number of aromatic nitrogens is 1. The minimum atomic E-state index is -4.71. The molecule has 1 aliphatic rings. The Hall–Kier alpha value is -2.84. The molecule has 0 unspecified atom stereocenters. The van der Waals surface area contributed by atoms with Crippen molar-refractivity contribution in [2.24, 2.45) is 7.05 Å². The van der Waals surface area contributed by atoms with E-state index in [-0.39, 0.29) is 29.2 Å². The summed E-state index contributed by atoms with van der Waals surface area (Å²) >= 11 is 0. The molecular formula is C15H10F4N2O3. The first-order chi connectivity index (χ1) is 11.2. The van der Waals surface area contributed by atoms with Gasteiger partial charge in [-0.25, -0.2) is 4.39 Å². The Kier molecular flexibility index (Phi) is 3.58. The Morgan fingerprint density at radius 2 is 1.88 bits per heavy atom. The van der Waals surface area contributed by atoms with Crippen molar-refractivity contribution in [1.82, 2.24) is 4.57 Å². The van der Waals surface area contributed by atoms with Crippen LogP contribution in [-0.4, -0.2) is 17.1 Å². The van der Waals surface area contributed by atoms with Gasteiger partial charge in [-0.2, -0.15) is 13.2 Å². The molecule has 1 N–H and O–H groups in total. The van der Waals surface area contributed by atoms with Crippen molar-refractivity contribution in [2.75, 3.05) is 11.9 Å². The quantitative estimate of drug-likeness (QED) is 0.811. The number of carbonyl (C=O) groups excluding carboxylic acids is 1. The molecule has 0 bridgehead atoms. The fourth-order valence-corrected chi connectivity index (χ4v) is 2.43. The lowest BCUT2D eigenvalue weighted by Gasteiger charge is -2.19. The number of fused-ring (bicyclic) bond motifs is 1. The molecule has 1 amide bonds. The maximum atomic E-state index is 14.2. The van der Waals surface area contributed by atoms with E-state index in [4.69, 9.17) is 4.74 Å². The van der Waals surface area contributed by atoms with Gasteiger partial charge in [-0.1, -0.05) is 0 Å². The van der Waals surface area contributed by atoms with Gasteiger partial charge < -0.3 is 14.6 Å². The van der Waals surface area contributed by atoms with Crippen LogP contribution in [0.1, 0.15) is 5.69 Å². The molecule has 1 aromatic carbocycles. The summed E-state index contributed by atoms with van der Waals surface area (Å²) in [6.45, 7) is -0.270. The van der Waals surface area contributed by atoms with E-state index < -0.39 is 29.2 Å². The first kappa shape index (κ1) is 16.0. The van der Waals surface area contributed by atoms with Crippen LogP contribution in [0.2, 0.25) is 0 Å². The molecular weight excluding hydrogens is 332 g/mol. The van der Waals surface area contributed by atoms with Gasteiger partial charge in [0.25, 0.3) is 11.5 Å². The molecule has 5 nitrogen and oxygen atoms in total. The van der Waals surface area contributed by atoms with Crippen molar-refractivity contribution in [2.45, 2.75) is 6.18 Å². The lowest BCUT2D eigenvalue weighted by molar-refractivity contribution is -0.143. The Labute approximate surface area is 132 Å². The first-order valence-electron chi connectivity index (χ1n) is 6.72. The van der Waals surface area contributed by atoms with Gasteiger partial charge in [0.05, 0.1) is 11.3 Å². The smallest absolute Gasteiger partial charge is 0.431 e. The van der Waals surface area contributed by atoms with Crippen LogP contribution in [0.25, 0.3) is 11.1 Å². The van der Waals surface area contributed by atoms with Crippen LogP contribution < -0.4 is 15.6 Å². The number of halogens is 4. The number of carbonyl (C=O) groups is 1. The van der Waals surface area contributed by atoms with Crippen LogP contribution in [0.4, 0.5) is 23.2 Å². The maximum absolute atomic E-state index is 14.2. The zero-order valence-corrected chi connectivity index (χ0v) is 12.2. The maximum Gasteiger partial charge on any atom is 0.431 e. The molecule has 2 aromatic rings. The molecule has 0 atom stereocenters. The van der Waals surface area contributed by atoms with Crippen LogP contribution in [0.5, 0.6) is 5.75 Å². The van der Waals surface area contributed by atoms with Gasteiger partial charge in [0.2, 0.25) is 0 Å². The Bertz CT molecular complexity index is 903. The molecule has 1 aromatic heterocycles. The average molecular weight is 342 g/mol. The van der Waals surface area contributed by atoms with Crippen molar-refractivity contribution < 1.29 is 27.1 Å². The summed E-state index contributed by atoms with van der Waals surface area (Å²) in [5.74, 6) is -1.22. The van der Waals surface area contributed by atoms with Crippen LogP contribution in [-0.2, 0) is 18.0 Å². The van der Waals surface area contributed by atoms with Crippen molar-refractivity contribution >= 4 is 11.6 Å². The third kappa shape index (κ3) is 2.61. The number of nitrogens with zero attached hydrogens (tertiary/aromatic N) is 1. The Morgan fingerprint density at radius 3 is 2.54 bits per heavy atom. The summed E-state index contributed by atoms with van der Waals surface area (Å²) in [5, 5.41) is 2.45. The van der Waals surface area contributed by atoms with Gasteiger partial charge in [0.1, 0.15) is 17.3 Å². The second-order valence-electron chi connectivity index (χ2n) is 5.16. The van der Waals surface area contributed by atoms with Gasteiger partial charge in [-0.3, -0.25) is 9.59 Å². The lowest BCUT2D eigenvalue weighted by Crippen LogP contribution is -2.27. The number of nitrogens with one attached hydrogen (secondary N) is 1. The highest BCUT2D eigenvalue weighted by Crippen LogP contribution is 2.35. The monoisotopic (exact) mass is 342 g/mol. The highest BCUT2D eigenvalue weighted by atomic mass is 19.4. The van der Waals surface area contributed by atoms with Crippen LogP contribution in [0.15, 0.2) is 29.1 Å². The van der Waals surface area contributed by atoms with Gasteiger partial charge in [-0.15, -0.1) is 0 Å². The van der Waals surface area contributed by atoms with E-state index in [0.717, 1.165) is 25.2 Å². The van der Waals surface area contributed by atoms with E-state index >= 15 is 0 Å². The Balaban J connectivity index is 2.17. The summed E-state index contributed by atoms with van der Waals surface area (Å²) in [6.07, 6.45) is -4.71. The van der Waals surface area contributed by atoms with E-state index in [1.807, 2.05) is 0 Å². The number of pyridine rings is 1. The predicted octanol–water partition coefficient (Wildman–Crippen LogP) is 2.54. The topological polar surface area (TPSA) is 60.3 Å². The minimum Gasteiger partial charge on any atom is -0.481 e. The lowest BCUT2D eigenvalue weighted by atomic mass is 10.0. The van der Waals surface area contributed by atoms with Gasteiger partial charge in [0.15, 0.2) is 6.61 Å². The Morgan fingerprint density at radius 1 is 1.17 bits per heavy atom. The minimum absolute atomic E-state index is 0.0829. The number of rotatable bonds is 1. The van der Waals surface area contributed by atoms with Gasteiger partial charge in [-0.05, 0) is 18.2 Å². The van der Waals surface area contributed by atoms with E-state index in [2.05, 4.69) is 5.32 Å². The van der Waals surface area contributed by atoms with E-state index in [1.54, 1.807) is 0 Å². The summed E-state index contributed by atoms with van der Waals surface area (Å²) in [5.41, 5.74) is -2.50. The molecule has 0 saturated heterocycles. The van der Waals surface area contributed by atoms with Gasteiger partial charge >= 0.3 is 6.18 Å².